The second-order valence-electron chi connectivity index (χ2n) is 6.53. The summed E-state index contributed by atoms with van der Waals surface area (Å²) < 4.78 is 5.67. The Kier molecular flexibility index (Phi) is 8.77. The number of nitrogens with one attached hydrogen (secondary N) is 2. The van der Waals surface area contributed by atoms with Gasteiger partial charge >= 0.3 is 0 Å². The van der Waals surface area contributed by atoms with Crippen LogP contribution in [0.15, 0.2) is 35.3 Å². The molecule has 0 aromatic heterocycles. The number of guanidine groups is 1. The topological polar surface area (TPSA) is 48.9 Å². The van der Waals surface area contributed by atoms with Gasteiger partial charge in [-0.25, -0.2) is 0 Å². The molecule has 0 bridgehead atoms. The van der Waals surface area contributed by atoms with Crippen molar-refractivity contribution >= 4 is 5.96 Å². The number of benzene rings is 1. The second kappa shape index (κ2) is 11.1. The maximum Gasteiger partial charge on any atom is 0.191 e. The summed E-state index contributed by atoms with van der Waals surface area (Å²) in [6.45, 7) is 9.16. The number of ether oxygens (including phenoxy) is 1. The molecule has 5 nitrogen and oxygen atoms in total. The molecule has 2 rings (SSSR count). The van der Waals surface area contributed by atoms with Gasteiger partial charge in [-0.1, -0.05) is 44.2 Å². The third kappa shape index (κ3) is 6.67. The minimum atomic E-state index is 0.321. The molecule has 0 amide bonds. The van der Waals surface area contributed by atoms with Crippen molar-refractivity contribution in [2.24, 2.45) is 4.99 Å². The summed E-state index contributed by atoms with van der Waals surface area (Å²) in [6, 6.07) is 11.2. The average Bonchev–Trinajstić information content (AvgIpc) is 3.17. The highest BCUT2D eigenvalue weighted by Gasteiger charge is 2.18. The fourth-order valence-electron chi connectivity index (χ4n) is 3.41. The van der Waals surface area contributed by atoms with Crippen molar-refractivity contribution in [3.05, 3.63) is 35.9 Å². The lowest BCUT2D eigenvalue weighted by atomic mass is 10.0. The van der Waals surface area contributed by atoms with Crippen LogP contribution in [0.2, 0.25) is 0 Å². The molecule has 2 N–H and O–H groups in total. The minimum absolute atomic E-state index is 0.321. The summed E-state index contributed by atoms with van der Waals surface area (Å²) >= 11 is 0. The van der Waals surface area contributed by atoms with E-state index in [1.54, 1.807) is 0 Å². The van der Waals surface area contributed by atoms with Crippen LogP contribution in [0.5, 0.6) is 0 Å². The van der Waals surface area contributed by atoms with Gasteiger partial charge in [-0.3, -0.25) is 9.89 Å². The molecule has 1 aliphatic heterocycles. The first kappa shape index (κ1) is 19.7. The van der Waals surface area contributed by atoms with Gasteiger partial charge in [0.15, 0.2) is 5.96 Å². The normalized spacial score (nSPS) is 19.2. The predicted octanol–water partition coefficient (Wildman–Crippen LogP) is 2.28. The van der Waals surface area contributed by atoms with Gasteiger partial charge in [-0.05, 0) is 37.9 Å². The molecule has 0 spiro atoms. The maximum absolute atomic E-state index is 5.67. The van der Waals surface area contributed by atoms with Crippen molar-refractivity contribution in [3.8, 4) is 0 Å². The van der Waals surface area contributed by atoms with E-state index >= 15 is 0 Å². The highest BCUT2D eigenvalue weighted by molar-refractivity contribution is 5.79. The molecule has 2 atom stereocenters. The lowest BCUT2D eigenvalue weighted by molar-refractivity contribution is 0.113. The molecule has 2 unspecified atom stereocenters. The summed E-state index contributed by atoms with van der Waals surface area (Å²) in [6.07, 6.45) is 3.67. The largest absolute Gasteiger partial charge is 0.376 e. The fourth-order valence-corrected chi connectivity index (χ4v) is 3.41. The van der Waals surface area contributed by atoms with E-state index in [2.05, 4.69) is 64.7 Å². The molecule has 1 fully saturated rings. The molecule has 0 saturated carbocycles. The van der Waals surface area contributed by atoms with Crippen LogP contribution in [-0.4, -0.2) is 62.8 Å². The van der Waals surface area contributed by atoms with E-state index in [0.717, 1.165) is 51.6 Å². The zero-order valence-corrected chi connectivity index (χ0v) is 16.0. The summed E-state index contributed by atoms with van der Waals surface area (Å²) in [5.74, 6) is 0.862. The molecule has 0 radical (unpaired) electrons. The standard InChI is InChI=1S/C20H34N4O/c1-4-24(5-2)18(14-17-10-7-6-8-11-17)15-22-20(21-3)23-16-19-12-9-13-25-19/h6-8,10-11,18-19H,4-5,9,12-16H2,1-3H3,(H2,21,22,23). The Labute approximate surface area is 152 Å². The summed E-state index contributed by atoms with van der Waals surface area (Å²) in [5, 5.41) is 6.91. The van der Waals surface area contributed by atoms with Gasteiger partial charge in [0.1, 0.15) is 0 Å². The Bertz CT molecular complexity index is 496. The number of rotatable bonds is 9. The van der Waals surface area contributed by atoms with Crippen LogP contribution in [0.1, 0.15) is 32.3 Å². The fraction of sp³-hybridized carbons (Fsp3) is 0.650. The lowest BCUT2D eigenvalue weighted by Crippen LogP contribution is -2.49. The van der Waals surface area contributed by atoms with Gasteiger partial charge < -0.3 is 15.4 Å². The van der Waals surface area contributed by atoms with Crippen molar-refractivity contribution in [3.63, 3.8) is 0 Å². The molecule has 1 aromatic rings. The van der Waals surface area contributed by atoms with Crippen LogP contribution < -0.4 is 10.6 Å². The molecule has 1 saturated heterocycles. The van der Waals surface area contributed by atoms with Crippen LogP contribution in [-0.2, 0) is 11.2 Å². The Morgan fingerprint density at radius 1 is 1.24 bits per heavy atom. The van der Waals surface area contributed by atoms with Crippen LogP contribution in [0, 0.1) is 0 Å². The van der Waals surface area contributed by atoms with Crippen molar-refractivity contribution in [2.45, 2.75) is 45.3 Å². The number of likely N-dealkylation sites (N-methyl/N-ethyl adjacent to an activating group) is 1. The van der Waals surface area contributed by atoms with Gasteiger partial charge in [-0.15, -0.1) is 0 Å². The van der Waals surface area contributed by atoms with Crippen molar-refractivity contribution in [1.82, 2.24) is 15.5 Å². The Morgan fingerprint density at radius 3 is 2.60 bits per heavy atom. The van der Waals surface area contributed by atoms with Crippen LogP contribution in [0.25, 0.3) is 0 Å². The molecule has 25 heavy (non-hydrogen) atoms. The van der Waals surface area contributed by atoms with Crippen molar-refractivity contribution in [1.29, 1.82) is 0 Å². The second-order valence-corrected chi connectivity index (χ2v) is 6.53. The predicted molar refractivity (Wildman–Crippen MR) is 105 cm³/mol. The third-order valence-electron chi connectivity index (χ3n) is 4.89. The van der Waals surface area contributed by atoms with Gasteiger partial charge in [0.25, 0.3) is 0 Å². The summed E-state index contributed by atoms with van der Waals surface area (Å²) in [7, 11) is 1.83. The molecule has 0 aliphatic carbocycles. The molecule has 1 aromatic carbocycles. The first-order valence-corrected chi connectivity index (χ1v) is 9.60. The molecule has 1 heterocycles. The third-order valence-corrected chi connectivity index (χ3v) is 4.89. The lowest BCUT2D eigenvalue weighted by Gasteiger charge is -2.30. The molecule has 5 heteroatoms. The van der Waals surface area contributed by atoms with Crippen molar-refractivity contribution in [2.75, 3.05) is 39.8 Å². The Balaban J connectivity index is 1.88. The first-order chi connectivity index (χ1) is 12.3. The Hall–Kier alpha value is -1.59. The average molecular weight is 347 g/mol. The number of aliphatic imine (C=N–C) groups is 1. The molecule has 140 valence electrons. The first-order valence-electron chi connectivity index (χ1n) is 9.60. The summed E-state index contributed by atoms with van der Waals surface area (Å²) in [5.41, 5.74) is 1.38. The smallest absolute Gasteiger partial charge is 0.191 e. The highest BCUT2D eigenvalue weighted by atomic mass is 16.5. The van der Waals surface area contributed by atoms with E-state index < -0.39 is 0 Å². The molecule has 1 aliphatic rings. The number of hydrogen-bond donors (Lipinski definition) is 2. The van der Waals surface area contributed by atoms with Crippen LogP contribution in [0.4, 0.5) is 0 Å². The highest BCUT2D eigenvalue weighted by Crippen LogP contribution is 2.11. The van der Waals surface area contributed by atoms with Crippen LogP contribution >= 0.6 is 0 Å². The number of nitrogens with zero attached hydrogens (tertiary/aromatic N) is 2. The van der Waals surface area contributed by atoms with E-state index in [1.165, 1.54) is 12.0 Å². The van der Waals surface area contributed by atoms with E-state index in [1.807, 2.05) is 7.05 Å². The van der Waals surface area contributed by atoms with Crippen LogP contribution in [0.3, 0.4) is 0 Å². The zero-order valence-electron chi connectivity index (χ0n) is 16.0. The van der Waals surface area contributed by atoms with Gasteiger partial charge in [0, 0.05) is 32.8 Å². The SMILES string of the molecule is CCN(CC)C(CNC(=NC)NCC1CCCO1)Cc1ccccc1. The van der Waals surface area contributed by atoms with Gasteiger partial charge in [0.05, 0.1) is 6.10 Å². The maximum atomic E-state index is 5.67. The van der Waals surface area contributed by atoms with Gasteiger partial charge in [-0.2, -0.15) is 0 Å². The van der Waals surface area contributed by atoms with E-state index in [-0.39, 0.29) is 0 Å². The minimum Gasteiger partial charge on any atom is -0.376 e. The van der Waals surface area contributed by atoms with Gasteiger partial charge in [0.2, 0.25) is 0 Å². The monoisotopic (exact) mass is 346 g/mol. The van der Waals surface area contributed by atoms with E-state index in [9.17, 15) is 0 Å². The van der Waals surface area contributed by atoms with Crippen molar-refractivity contribution < 1.29 is 4.74 Å². The van der Waals surface area contributed by atoms with E-state index in [4.69, 9.17) is 4.74 Å². The Morgan fingerprint density at radius 2 is 2.00 bits per heavy atom. The molecular weight excluding hydrogens is 312 g/mol. The van der Waals surface area contributed by atoms with E-state index in [0.29, 0.717) is 12.1 Å². The number of hydrogen-bond acceptors (Lipinski definition) is 3. The zero-order chi connectivity index (χ0) is 17.9. The summed E-state index contributed by atoms with van der Waals surface area (Å²) in [4.78, 5) is 6.87. The quantitative estimate of drug-likeness (QED) is 0.532. The molecular formula is C20H34N4O.